The molecule has 0 bridgehead atoms. The summed E-state index contributed by atoms with van der Waals surface area (Å²) in [6.07, 6.45) is 0.766. The largest absolute Gasteiger partial charge is 0.322 e. The van der Waals surface area contributed by atoms with Crippen molar-refractivity contribution < 1.29 is 18.4 Å². The summed E-state index contributed by atoms with van der Waals surface area (Å²) >= 11 is 0. The SMILES string of the molecule is CCc1ccccc1NC(=O)c1cccc(C(=O)Nc2ccc(F)cc2F)c1. The molecular weight excluding hydrogens is 362 g/mol. The molecule has 0 aliphatic carbocycles. The fraction of sp³-hybridized carbons (Fsp3) is 0.0909. The first kappa shape index (κ1) is 19.2. The maximum atomic E-state index is 13.7. The second-order valence-electron chi connectivity index (χ2n) is 6.12. The Balaban J connectivity index is 1.77. The number of nitrogens with one attached hydrogen (secondary N) is 2. The molecule has 0 atom stereocenters. The summed E-state index contributed by atoms with van der Waals surface area (Å²) in [6, 6.07) is 16.4. The topological polar surface area (TPSA) is 58.2 Å². The van der Waals surface area contributed by atoms with E-state index >= 15 is 0 Å². The fourth-order valence-corrected chi connectivity index (χ4v) is 2.73. The zero-order valence-electron chi connectivity index (χ0n) is 15.1. The van der Waals surface area contributed by atoms with E-state index in [0.717, 1.165) is 24.1 Å². The minimum Gasteiger partial charge on any atom is -0.322 e. The number of hydrogen-bond donors (Lipinski definition) is 2. The van der Waals surface area contributed by atoms with Crippen molar-refractivity contribution in [3.05, 3.63) is 95.1 Å². The van der Waals surface area contributed by atoms with Crippen molar-refractivity contribution in [2.45, 2.75) is 13.3 Å². The van der Waals surface area contributed by atoms with Crippen molar-refractivity contribution in [1.29, 1.82) is 0 Å². The molecule has 0 aliphatic heterocycles. The van der Waals surface area contributed by atoms with Gasteiger partial charge in [-0.15, -0.1) is 0 Å². The molecule has 6 heteroatoms. The Labute approximate surface area is 161 Å². The van der Waals surface area contributed by atoms with Gasteiger partial charge < -0.3 is 10.6 Å². The van der Waals surface area contributed by atoms with E-state index in [-0.39, 0.29) is 22.7 Å². The Bertz CT molecular complexity index is 1030. The molecule has 0 radical (unpaired) electrons. The van der Waals surface area contributed by atoms with Crippen molar-refractivity contribution in [3.63, 3.8) is 0 Å². The quantitative estimate of drug-likeness (QED) is 0.652. The molecule has 4 nitrogen and oxygen atoms in total. The van der Waals surface area contributed by atoms with Gasteiger partial charge in [0.05, 0.1) is 5.69 Å². The van der Waals surface area contributed by atoms with Gasteiger partial charge in [-0.1, -0.05) is 31.2 Å². The number of amides is 2. The first-order chi connectivity index (χ1) is 13.5. The van der Waals surface area contributed by atoms with Crippen LogP contribution in [0.5, 0.6) is 0 Å². The molecule has 0 aromatic heterocycles. The highest BCUT2D eigenvalue weighted by atomic mass is 19.1. The van der Waals surface area contributed by atoms with Gasteiger partial charge in [-0.25, -0.2) is 8.78 Å². The van der Waals surface area contributed by atoms with E-state index in [2.05, 4.69) is 10.6 Å². The average Bonchev–Trinajstić information content (AvgIpc) is 2.70. The van der Waals surface area contributed by atoms with Crippen LogP contribution >= 0.6 is 0 Å². The second kappa shape index (κ2) is 8.43. The molecule has 0 unspecified atom stereocenters. The highest BCUT2D eigenvalue weighted by Crippen LogP contribution is 2.19. The van der Waals surface area contributed by atoms with Crippen molar-refractivity contribution in [1.82, 2.24) is 0 Å². The summed E-state index contributed by atoms with van der Waals surface area (Å²) < 4.78 is 26.7. The molecule has 3 aromatic carbocycles. The van der Waals surface area contributed by atoms with Crippen molar-refractivity contribution in [2.24, 2.45) is 0 Å². The van der Waals surface area contributed by atoms with Crippen LogP contribution in [0, 0.1) is 11.6 Å². The van der Waals surface area contributed by atoms with Crippen molar-refractivity contribution in [2.75, 3.05) is 10.6 Å². The van der Waals surface area contributed by atoms with Gasteiger partial charge in [0.15, 0.2) is 0 Å². The Morgan fingerprint density at radius 2 is 1.43 bits per heavy atom. The summed E-state index contributed by atoms with van der Waals surface area (Å²) in [6.45, 7) is 1.99. The number of benzene rings is 3. The van der Waals surface area contributed by atoms with Crippen LogP contribution in [-0.4, -0.2) is 11.8 Å². The summed E-state index contributed by atoms with van der Waals surface area (Å²) in [5, 5.41) is 5.21. The fourth-order valence-electron chi connectivity index (χ4n) is 2.73. The van der Waals surface area contributed by atoms with Crippen molar-refractivity contribution >= 4 is 23.2 Å². The van der Waals surface area contributed by atoms with E-state index < -0.39 is 17.5 Å². The van der Waals surface area contributed by atoms with Gasteiger partial charge in [0, 0.05) is 22.9 Å². The number of para-hydroxylation sites is 1. The Morgan fingerprint density at radius 3 is 2.07 bits per heavy atom. The van der Waals surface area contributed by atoms with Gasteiger partial charge in [-0.05, 0) is 48.4 Å². The third-order valence-electron chi connectivity index (χ3n) is 4.21. The predicted octanol–water partition coefficient (Wildman–Crippen LogP) is 5.03. The lowest BCUT2D eigenvalue weighted by Gasteiger charge is -2.11. The first-order valence-electron chi connectivity index (χ1n) is 8.73. The molecule has 0 heterocycles. The van der Waals surface area contributed by atoms with E-state index in [0.29, 0.717) is 11.8 Å². The molecule has 2 N–H and O–H groups in total. The van der Waals surface area contributed by atoms with Gasteiger partial charge >= 0.3 is 0 Å². The smallest absolute Gasteiger partial charge is 0.255 e. The van der Waals surface area contributed by atoms with Crippen LogP contribution in [0.4, 0.5) is 20.2 Å². The standard InChI is InChI=1S/C22H18F2N2O2/c1-2-14-6-3-4-9-19(14)25-21(27)15-7-5-8-16(12-15)22(28)26-20-11-10-17(23)13-18(20)24/h3-13H,2H2,1H3,(H,25,27)(H,26,28). The van der Waals surface area contributed by atoms with E-state index in [1.807, 2.05) is 31.2 Å². The predicted molar refractivity (Wildman–Crippen MR) is 105 cm³/mol. The molecule has 3 aromatic rings. The van der Waals surface area contributed by atoms with Crippen LogP contribution in [0.15, 0.2) is 66.7 Å². The first-order valence-corrected chi connectivity index (χ1v) is 8.73. The third-order valence-corrected chi connectivity index (χ3v) is 4.21. The summed E-state index contributed by atoms with van der Waals surface area (Å²) in [5.74, 6) is -2.57. The van der Waals surface area contributed by atoms with E-state index in [1.54, 1.807) is 12.1 Å². The van der Waals surface area contributed by atoms with Gasteiger partial charge in [0.2, 0.25) is 0 Å². The second-order valence-corrected chi connectivity index (χ2v) is 6.12. The molecule has 2 amide bonds. The van der Waals surface area contributed by atoms with Crippen LogP contribution in [0.2, 0.25) is 0 Å². The number of rotatable bonds is 5. The lowest BCUT2D eigenvalue weighted by atomic mass is 10.1. The molecule has 0 saturated carbocycles. The maximum Gasteiger partial charge on any atom is 0.255 e. The third kappa shape index (κ3) is 4.40. The molecule has 0 spiro atoms. The zero-order chi connectivity index (χ0) is 20.1. The van der Waals surface area contributed by atoms with Crippen LogP contribution in [0.1, 0.15) is 33.2 Å². The van der Waals surface area contributed by atoms with E-state index in [1.165, 1.54) is 12.1 Å². The van der Waals surface area contributed by atoms with Crippen LogP contribution in [0.3, 0.4) is 0 Å². The Hall–Kier alpha value is -3.54. The summed E-state index contributed by atoms with van der Waals surface area (Å²) in [7, 11) is 0. The molecule has 28 heavy (non-hydrogen) atoms. The molecule has 0 fully saturated rings. The van der Waals surface area contributed by atoms with Crippen LogP contribution in [-0.2, 0) is 6.42 Å². The normalized spacial score (nSPS) is 10.4. The number of anilines is 2. The maximum absolute atomic E-state index is 13.7. The number of halogens is 2. The number of aryl methyl sites for hydroxylation is 1. The van der Waals surface area contributed by atoms with E-state index in [9.17, 15) is 18.4 Å². The van der Waals surface area contributed by atoms with Gasteiger partial charge in [0.1, 0.15) is 11.6 Å². The Kier molecular flexibility index (Phi) is 5.79. The monoisotopic (exact) mass is 380 g/mol. The minimum absolute atomic E-state index is 0.141. The van der Waals surface area contributed by atoms with Gasteiger partial charge in [-0.2, -0.15) is 0 Å². The van der Waals surface area contributed by atoms with Crippen LogP contribution in [0.25, 0.3) is 0 Å². The molecular formula is C22H18F2N2O2. The number of carbonyl (C=O) groups is 2. The highest BCUT2D eigenvalue weighted by Gasteiger charge is 2.14. The Morgan fingerprint density at radius 1 is 0.786 bits per heavy atom. The minimum atomic E-state index is -0.876. The molecule has 0 saturated heterocycles. The number of hydrogen-bond acceptors (Lipinski definition) is 2. The van der Waals surface area contributed by atoms with E-state index in [4.69, 9.17) is 0 Å². The number of carbonyl (C=O) groups excluding carboxylic acids is 2. The van der Waals surface area contributed by atoms with Gasteiger partial charge in [0.25, 0.3) is 11.8 Å². The summed E-state index contributed by atoms with van der Waals surface area (Å²) in [4.78, 5) is 24.9. The molecule has 3 rings (SSSR count). The summed E-state index contributed by atoms with van der Waals surface area (Å²) in [5.41, 5.74) is 2.03. The lowest BCUT2D eigenvalue weighted by molar-refractivity contribution is 0.102. The molecule has 142 valence electrons. The zero-order valence-corrected chi connectivity index (χ0v) is 15.1. The highest BCUT2D eigenvalue weighted by molar-refractivity contribution is 6.08. The molecule has 0 aliphatic rings. The lowest BCUT2D eigenvalue weighted by Crippen LogP contribution is -2.16. The van der Waals surface area contributed by atoms with Crippen LogP contribution < -0.4 is 10.6 Å². The van der Waals surface area contributed by atoms with Gasteiger partial charge in [-0.3, -0.25) is 9.59 Å². The average molecular weight is 380 g/mol. The van der Waals surface area contributed by atoms with Crippen molar-refractivity contribution in [3.8, 4) is 0 Å².